The second-order valence-electron chi connectivity index (χ2n) is 5.14. The van der Waals surface area contributed by atoms with Crippen molar-refractivity contribution in [2.45, 2.75) is 13.5 Å². The van der Waals surface area contributed by atoms with Crippen molar-refractivity contribution >= 4 is 5.91 Å². The van der Waals surface area contributed by atoms with E-state index in [1.807, 2.05) is 24.3 Å². The third kappa shape index (κ3) is 2.75. The maximum Gasteiger partial charge on any atom is 0.254 e. The lowest BCUT2D eigenvalue weighted by atomic mass is 10.1. The fourth-order valence-electron chi connectivity index (χ4n) is 2.54. The Hall–Kier alpha value is -2.36. The SMILES string of the molecule is Cc1cc(F)ccc1C(=O)N1CCOc2ccccc2C1. The van der Waals surface area contributed by atoms with E-state index in [2.05, 4.69) is 0 Å². The molecule has 0 bridgehead atoms. The van der Waals surface area contributed by atoms with Gasteiger partial charge < -0.3 is 9.64 Å². The minimum atomic E-state index is -0.325. The van der Waals surface area contributed by atoms with Gasteiger partial charge in [0.1, 0.15) is 18.2 Å². The number of aryl methyl sites for hydroxylation is 1. The summed E-state index contributed by atoms with van der Waals surface area (Å²) in [7, 11) is 0. The summed E-state index contributed by atoms with van der Waals surface area (Å²) in [5.41, 5.74) is 2.18. The van der Waals surface area contributed by atoms with Crippen molar-refractivity contribution in [2.24, 2.45) is 0 Å². The highest BCUT2D eigenvalue weighted by Crippen LogP contribution is 2.24. The molecular formula is C17H16FNO2. The Balaban J connectivity index is 1.88. The molecule has 0 saturated carbocycles. The number of amides is 1. The van der Waals surface area contributed by atoms with Crippen LogP contribution in [-0.4, -0.2) is 24.0 Å². The van der Waals surface area contributed by atoms with Gasteiger partial charge in [0, 0.05) is 17.7 Å². The molecule has 0 fully saturated rings. The van der Waals surface area contributed by atoms with Gasteiger partial charge in [-0.05, 0) is 36.8 Å². The maximum atomic E-state index is 13.2. The van der Waals surface area contributed by atoms with Gasteiger partial charge in [-0.2, -0.15) is 0 Å². The zero-order chi connectivity index (χ0) is 14.8. The highest BCUT2D eigenvalue weighted by molar-refractivity contribution is 5.95. The number of rotatable bonds is 1. The number of benzene rings is 2. The maximum absolute atomic E-state index is 13.2. The molecule has 2 aromatic carbocycles. The highest BCUT2D eigenvalue weighted by atomic mass is 19.1. The van der Waals surface area contributed by atoms with E-state index in [1.165, 1.54) is 12.1 Å². The van der Waals surface area contributed by atoms with Gasteiger partial charge >= 0.3 is 0 Å². The molecular weight excluding hydrogens is 269 g/mol. The molecule has 1 aliphatic rings. The van der Waals surface area contributed by atoms with E-state index < -0.39 is 0 Å². The summed E-state index contributed by atoms with van der Waals surface area (Å²) in [6.45, 7) is 3.23. The van der Waals surface area contributed by atoms with Gasteiger partial charge in [0.2, 0.25) is 0 Å². The van der Waals surface area contributed by atoms with Gasteiger partial charge in [0.05, 0.1) is 6.54 Å². The van der Waals surface area contributed by atoms with Crippen molar-refractivity contribution < 1.29 is 13.9 Å². The molecule has 0 aromatic heterocycles. The first-order valence-electron chi connectivity index (χ1n) is 6.91. The van der Waals surface area contributed by atoms with E-state index in [0.717, 1.165) is 11.3 Å². The van der Waals surface area contributed by atoms with Crippen LogP contribution in [0.3, 0.4) is 0 Å². The number of halogens is 1. The second-order valence-corrected chi connectivity index (χ2v) is 5.14. The molecule has 4 heteroatoms. The second kappa shape index (κ2) is 5.56. The van der Waals surface area contributed by atoms with Crippen LogP contribution in [0.1, 0.15) is 21.5 Å². The molecule has 108 valence electrons. The van der Waals surface area contributed by atoms with Crippen LogP contribution in [0, 0.1) is 12.7 Å². The molecule has 3 nitrogen and oxygen atoms in total. The number of hydrogen-bond donors (Lipinski definition) is 0. The standard InChI is InChI=1S/C17H16FNO2/c1-12-10-14(18)6-7-15(12)17(20)19-8-9-21-16-5-3-2-4-13(16)11-19/h2-7,10H,8-9,11H2,1H3. The van der Waals surface area contributed by atoms with Crippen LogP contribution in [0.15, 0.2) is 42.5 Å². The van der Waals surface area contributed by atoms with Crippen molar-refractivity contribution in [3.05, 3.63) is 65.0 Å². The Morgan fingerprint density at radius 3 is 2.86 bits per heavy atom. The molecule has 0 radical (unpaired) electrons. The summed E-state index contributed by atoms with van der Waals surface area (Å²) in [5.74, 6) is 0.407. The predicted molar refractivity (Wildman–Crippen MR) is 77.8 cm³/mol. The molecule has 0 aliphatic carbocycles. The van der Waals surface area contributed by atoms with E-state index >= 15 is 0 Å². The third-order valence-corrected chi connectivity index (χ3v) is 3.66. The van der Waals surface area contributed by atoms with Crippen LogP contribution in [-0.2, 0) is 6.54 Å². The van der Waals surface area contributed by atoms with E-state index in [4.69, 9.17) is 4.74 Å². The number of nitrogens with zero attached hydrogens (tertiary/aromatic N) is 1. The first-order chi connectivity index (χ1) is 10.1. The summed E-state index contributed by atoms with van der Waals surface area (Å²) in [6.07, 6.45) is 0. The molecule has 21 heavy (non-hydrogen) atoms. The van der Waals surface area contributed by atoms with E-state index in [9.17, 15) is 9.18 Å². The first kappa shape index (κ1) is 13.6. The average molecular weight is 285 g/mol. The molecule has 1 amide bonds. The Morgan fingerprint density at radius 1 is 1.24 bits per heavy atom. The number of carbonyl (C=O) groups is 1. The van der Waals surface area contributed by atoms with Crippen LogP contribution >= 0.6 is 0 Å². The summed E-state index contributed by atoms with van der Waals surface area (Å²) < 4.78 is 18.8. The average Bonchev–Trinajstić information content (AvgIpc) is 2.68. The number of carbonyl (C=O) groups excluding carboxylic acids is 1. The van der Waals surface area contributed by atoms with E-state index in [-0.39, 0.29) is 11.7 Å². The third-order valence-electron chi connectivity index (χ3n) is 3.66. The van der Waals surface area contributed by atoms with Crippen molar-refractivity contribution in [3.63, 3.8) is 0 Å². The van der Waals surface area contributed by atoms with Crippen LogP contribution in [0.4, 0.5) is 4.39 Å². The molecule has 0 spiro atoms. The Morgan fingerprint density at radius 2 is 2.05 bits per heavy atom. The molecule has 0 N–H and O–H groups in total. The van der Waals surface area contributed by atoms with Crippen molar-refractivity contribution in [3.8, 4) is 5.75 Å². The zero-order valence-corrected chi connectivity index (χ0v) is 11.8. The Labute approximate surface area is 123 Å². The van der Waals surface area contributed by atoms with Gasteiger partial charge in [0.25, 0.3) is 5.91 Å². The van der Waals surface area contributed by atoms with E-state index in [1.54, 1.807) is 17.9 Å². The normalized spacial score (nSPS) is 14.1. The van der Waals surface area contributed by atoms with Gasteiger partial charge in [-0.15, -0.1) is 0 Å². The predicted octanol–water partition coefficient (Wildman–Crippen LogP) is 3.17. The number of hydrogen-bond acceptors (Lipinski definition) is 2. The van der Waals surface area contributed by atoms with Crippen LogP contribution in [0.25, 0.3) is 0 Å². The first-order valence-corrected chi connectivity index (χ1v) is 6.91. The lowest BCUT2D eigenvalue weighted by Gasteiger charge is -2.20. The number of fused-ring (bicyclic) bond motifs is 1. The summed E-state index contributed by atoms with van der Waals surface area (Å²) in [6, 6.07) is 12.0. The van der Waals surface area contributed by atoms with Crippen LogP contribution in [0.5, 0.6) is 5.75 Å². The molecule has 0 unspecified atom stereocenters. The number of para-hydroxylation sites is 1. The highest BCUT2D eigenvalue weighted by Gasteiger charge is 2.22. The summed E-state index contributed by atoms with van der Waals surface area (Å²) >= 11 is 0. The zero-order valence-electron chi connectivity index (χ0n) is 11.8. The van der Waals surface area contributed by atoms with Crippen LogP contribution < -0.4 is 4.74 Å². The summed E-state index contributed by atoms with van der Waals surface area (Å²) in [5, 5.41) is 0. The van der Waals surface area contributed by atoms with E-state index in [0.29, 0.717) is 30.8 Å². The monoisotopic (exact) mass is 285 g/mol. The largest absolute Gasteiger partial charge is 0.491 e. The quantitative estimate of drug-likeness (QED) is 0.805. The smallest absolute Gasteiger partial charge is 0.254 e. The Kier molecular flexibility index (Phi) is 3.60. The molecule has 0 saturated heterocycles. The van der Waals surface area contributed by atoms with Crippen molar-refractivity contribution in [2.75, 3.05) is 13.2 Å². The molecule has 1 heterocycles. The van der Waals surface area contributed by atoms with Gasteiger partial charge in [-0.1, -0.05) is 18.2 Å². The molecule has 3 rings (SSSR count). The molecule has 1 aliphatic heterocycles. The lowest BCUT2D eigenvalue weighted by Crippen LogP contribution is -2.32. The summed E-state index contributed by atoms with van der Waals surface area (Å²) in [4.78, 5) is 14.4. The minimum Gasteiger partial charge on any atom is -0.491 e. The molecule has 2 aromatic rings. The minimum absolute atomic E-state index is 0.0900. The number of ether oxygens (including phenoxy) is 1. The lowest BCUT2D eigenvalue weighted by molar-refractivity contribution is 0.0732. The van der Waals surface area contributed by atoms with Crippen molar-refractivity contribution in [1.82, 2.24) is 4.90 Å². The van der Waals surface area contributed by atoms with Gasteiger partial charge in [-0.3, -0.25) is 4.79 Å². The fraction of sp³-hybridized carbons (Fsp3) is 0.235. The van der Waals surface area contributed by atoms with Gasteiger partial charge in [-0.25, -0.2) is 4.39 Å². The van der Waals surface area contributed by atoms with Gasteiger partial charge in [0.15, 0.2) is 0 Å². The Bertz CT molecular complexity index is 684. The van der Waals surface area contributed by atoms with Crippen LogP contribution in [0.2, 0.25) is 0 Å². The molecule has 0 atom stereocenters. The van der Waals surface area contributed by atoms with Crippen molar-refractivity contribution in [1.29, 1.82) is 0 Å². The topological polar surface area (TPSA) is 29.5 Å². The fourth-order valence-corrected chi connectivity index (χ4v) is 2.54.